The van der Waals surface area contributed by atoms with Gasteiger partial charge in [-0.1, -0.05) is 12.1 Å². The highest BCUT2D eigenvalue weighted by Gasteiger charge is 2.34. The summed E-state index contributed by atoms with van der Waals surface area (Å²) in [4.78, 5) is 40.4. The van der Waals surface area contributed by atoms with Crippen LogP contribution in [-0.4, -0.2) is 49.0 Å². The first kappa shape index (κ1) is 21.7. The summed E-state index contributed by atoms with van der Waals surface area (Å²) in [6, 6.07) is 9.45. The van der Waals surface area contributed by atoms with Gasteiger partial charge in [0, 0.05) is 24.6 Å². The molecule has 0 saturated heterocycles. The first-order valence-electron chi connectivity index (χ1n) is 8.83. The molecular weight excluding hydrogens is 419 g/mol. The minimum absolute atomic E-state index is 0.0837. The molecule has 2 aromatic carbocycles. The molecule has 30 heavy (non-hydrogen) atoms. The van der Waals surface area contributed by atoms with E-state index in [4.69, 9.17) is 0 Å². The zero-order valence-electron chi connectivity index (χ0n) is 16.1. The van der Waals surface area contributed by atoms with Gasteiger partial charge in [-0.2, -0.15) is 13.2 Å². The van der Waals surface area contributed by atoms with Gasteiger partial charge in [-0.05, 0) is 30.3 Å². The first-order valence-corrected chi connectivity index (χ1v) is 9.81. The second kappa shape index (κ2) is 8.39. The fourth-order valence-corrected chi connectivity index (χ4v) is 3.86. The van der Waals surface area contributed by atoms with E-state index in [1.165, 1.54) is 39.8 Å². The van der Waals surface area contributed by atoms with Crippen LogP contribution < -0.4 is 10.2 Å². The largest absolute Gasteiger partial charge is 0.418 e. The molecule has 0 spiro atoms. The number of para-hydroxylation sites is 1. The molecule has 3 rings (SSSR count). The van der Waals surface area contributed by atoms with E-state index >= 15 is 0 Å². The molecular formula is C20H18F3N3O3S. The minimum Gasteiger partial charge on any atom is -0.345 e. The van der Waals surface area contributed by atoms with Crippen molar-refractivity contribution in [2.75, 3.05) is 36.6 Å². The zero-order chi connectivity index (χ0) is 22.1. The zero-order valence-corrected chi connectivity index (χ0v) is 16.9. The van der Waals surface area contributed by atoms with Gasteiger partial charge in [0.2, 0.25) is 11.8 Å². The molecule has 158 valence electrons. The standard InChI is InChI=1S/C20H18F3N3O3S/c1-25(2)19(29)12-7-8-16-15(9-12)26(18(28)11-30-16)10-17(27)24-14-6-4-3-5-13(14)20(21,22)23/h3-9H,10-11H2,1-2H3,(H,24,27). The molecule has 1 aliphatic rings. The second-order valence-corrected chi connectivity index (χ2v) is 7.76. The number of fused-ring (bicyclic) bond motifs is 1. The lowest BCUT2D eigenvalue weighted by atomic mass is 10.1. The van der Waals surface area contributed by atoms with Crippen LogP contribution >= 0.6 is 11.8 Å². The molecule has 10 heteroatoms. The lowest BCUT2D eigenvalue weighted by Crippen LogP contribution is -2.41. The van der Waals surface area contributed by atoms with Gasteiger partial charge in [0.25, 0.3) is 5.91 Å². The van der Waals surface area contributed by atoms with Crippen molar-refractivity contribution >= 4 is 40.9 Å². The van der Waals surface area contributed by atoms with E-state index in [1.54, 1.807) is 26.2 Å². The third kappa shape index (κ3) is 4.59. The van der Waals surface area contributed by atoms with Gasteiger partial charge in [0.15, 0.2) is 0 Å². The first-order chi connectivity index (χ1) is 14.1. The number of amides is 3. The van der Waals surface area contributed by atoms with Gasteiger partial charge in [0.05, 0.1) is 22.7 Å². The summed E-state index contributed by atoms with van der Waals surface area (Å²) in [7, 11) is 3.18. The van der Waals surface area contributed by atoms with Crippen molar-refractivity contribution in [1.82, 2.24) is 4.90 Å². The van der Waals surface area contributed by atoms with Crippen molar-refractivity contribution in [3.63, 3.8) is 0 Å². The molecule has 0 radical (unpaired) electrons. The number of benzene rings is 2. The van der Waals surface area contributed by atoms with Crippen molar-refractivity contribution < 1.29 is 27.6 Å². The van der Waals surface area contributed by atoms with Gasteiger partial charge in [0.1, 0.15) is 6.54 Å². The number of hydrogen-bond acceptors (Lipinski definition) is 4. The molecule has 0 saturated carbocycles. The normalized spacial score (nSPS) is 13.6. The highest BCUT2D eigenvalue weighted by molar-refractivity contribution is 8.00. The van der Waals surface area contributed by atoms with Gasteiger partial charge in [-0.15, -0.1) is 11.8 Å². The van der Waals surface area contributed by atoms with Crippen molar-refractivity contribution in [2.24, 2.45) is 0 Å². The highest BCUT2D eigenvalue weighted by Crippen LogP contribution is 2.37. The Balaban J connectivity index is 1.86. The number of nitrogens with one attached hydrogen (secondary N) is 1. The Labute approximate surface area is 175 Å². The molecule has 1 aliphatic heterocycles. The fourth-order valence-electron chi connectivity index (χ4n) is 2.94. The number of hydrogen-bond donors (Lipinski definition) is 1. The molecule has 0 aromatic heterocycles. The number of thioether (sulfide) groups is 1. The van der Waals surface area contributed by atoms with Gasteiger partial charge < -0.3 is 15.1 Å². The fraction of sp³-hybridized carbons (Fsp3) is 0.250. The molecule has 0 bridgehead atoms. The lowest BCUT2D eigenvalue weighted by Gasteiger charge is -2.29. The van der Waals surface area contributed by atoms with Crippen molar-refractivity contribution in [3.8, 4) is 0 Å². The van der Waals surface area contributed by atoms with Crippen LogP contribution in [0.25, 0.3) is 0 Å². The highest BCUT2D eigenvalue weighted by atomic mass is 32.2. The Kier molecular flexibility index (Phi) is 6.06. The number of halogens is 3. The smallest absolute Gasteiger partial charge is 0.345 e. The molecule has 0 atom stereocenters. The van der Waals surface area contributed by atoms with Gasteiger partial charge in [-0.3, -0.25) is 14.4 Å². The topological polar surface area (TPSA) is 69.7 Å². The van der Waals surface area contributed by atoms with E-state index in [0.717, 1.165) is 12.1 Å². The SMILES string of the molecule is CN(C)C(=O)c1ccc2c(c1)N(CC(=O)Nc1ccccc1C(F)(F)F)C(=O)CS2. The van der Waals surface area contributed by atoms with Crippen LogP contribution in [0.5, 0.6) is 0 Å². The summed E-state index contributed by atoms with van der Waals surface area (Å²) in [6.45, 7) is -0.474. The maximum absolute atomic E-state index is 13.1. The number of carbonyl (C=O) groups excluding carboxylic acids is 3. The van der Waals surface area contributed by atoms with Crippen molar-refractivity contribution in [3.05, 3.63) is 53.6 Å². The summed E-state index contributed by atoms with van der Waals surface area (Å²) < 4.78 is 39.4. The van der Waals surface area contributed by atoms with Crippen LogP contribution in [0.4, 0.5) is 24.5 Å². The molecule has 0 fully saturated rings. The molecule has 6 nitrogen and oxygen atoms in total. The van der Waals surface area contributed by atoms with Crippen LogP contribution in [-0.2, 0) is 15.8 Å². The van der Waals surface area contributed by atoms with Crippen LogP contribution in [0.3, 0.4) is 0 Å². The van der Waals surface area contributed by atoms with E-state index in [0.29, 0.717) is 16.1 Å². The predicted molar refractivity (Wildman–Crippen MR) is 108 cm³/mol. The monoisotopic (exact) mass is 437 g/mol. The molecule has 0 unspecified atom stereocenters. The summed E-state index contributed by atoms with van der Waals surface area (Å²) >= 11 is 1.27. The van der Waals surface area contributed by atoms with Crippen LogP contribution in [0.15, 0.2) is 47.4 Å². The van der Waals surface area contributed by atoms with E-state index in [-0.39, 0.29) is 23.3 Å². The number of nitrogens with zero attached hydrogens (tertiary/aromatic N) is 2. The van der Waals surface area contributed by atoms with Crippen LogP contribution in [0, 0.1) is 0 Å². The Morgan fingerprint density at radius 2 is 1.87 bits per heavy atom. The maximum atomic E-state index is 13.1. The third-order valence-corrected chi connectivity index (χ3v) is 5.41. The van der Waals surface area contributed by atoms with E-state index in [2.05, 4.69) is 5.32 Å². The Morgan fingerprint density at radius 3 is 2.53 bits per heavy atom. The average Bonchev–Trinajstić information content (AvgIpc) is 2.68. The average molecular weight is 437 g/mol. The second-order valence-electron chi connectivity index (χ2n) is 6.74. The van der Waals surface area contributed by atoms with Crippen molar-refractivity contribution in [1.29, 1.82) is 0 Å². The Bertz CT molecular complexity index is 1010. The molecule has 1 heterocycles. The van der Waals surface area contributed by atoms with E-state index < -0.39 is 24.2 Å². The van der Waals surface area contributed by atoms with Crippen molar-refractivity contribution in [2.45, 2.75) is 11.1 Å². The Morgan fingerprint density at radius 1 is 1.17 bits per heavy atom. The van der Waals surface area contributed by atoms with E-state index in [9.17, 15) is 27.6 Å². The number of carbonyl (C=O) groups is 3. The molecule has 1 N–H and O–H groups in total. The summed E-state index contributed by atoms with van der Waals surface area (Å²) in [5.41, 5.74) is -0.645. The molecule has 3 amide bonds. The molecule has 2 aromatic rings. The predicted octanol–water partition coefficient (Wildman–Crippen LogP) is 3.48. The molecule has 0 aliphatic carbocycles. The maximum Gasteiger partial charge on any atom is 0.418 e. The third-order valence-electron chi connectivity index (χ3n) is 4.36. The van der Waals surface area contributed by atoms with Crippen LogP contribution in [0.2, 0.25) is 0 Å². The van der Waals surface area contributed by atoms with Gasteiger partial charge >= 0.3 is 6.18 Å². The lowest BCUT2D eigenvalue weighted by molar-refractivity contribution is -0.137. The summed E-state index contributed by atoms with van der Waals surface area (Å²) in [6.07, 6.45) is -4.63. The quantitative estimate of drug-likeness (QED) is 0.795. The van der Waals surface area contributed by atoms with E-state index in [1.807, 2.05) is 0 Å². The number of alkyl halides is 3. The summed E-state index contributed by atoms with van der Waals surface area (Å²) in [5.74, 6) is -1.34. The number of anilines is 2. The minimum atomic E-state index is -4.63. The Hall–Kier alpha value is -3.01. The summed E-state index contributed by atoms with van der Waals surface area (Å²) in [5, 5.41) is 2.24. The van der Waals surface area contributed by atoms with Gasteiger partial charge in [-0.25, -0.2) is 0 Å². The number of rotatable bonds is 4. The van der Waals surface area contributed by atoms with Crippen LogP contribution in [0.1, 0.15) is 15.9 Å².